The van der Waals surface area contributed by atoms with Gasteiger partial charge in [-0.25, -0.2) is 0 Å². The molecule has 4 heteroatoms. The molecule has 0 aromatic heterocycles. The highest BCUT2D eigenvalue weighted by atomic mass is 35.5. The van der Waals surface area contributed by atoms with Crippen LogP contribution in [-0.4, -0.2) is 30.1 Å². The maximum Gasteiger partial charge on any atom is 0.0471 e. The van der Waals surface area contributed by atoms with Crippen molar-refractivity contribution in [1.82, 2.24) is 5.32 Å². The second kappa shape index (κ2) is 7.58. The summed E-state index contributed by atoms with van der Waals surface area (Å²) in [4.78, 5) is 2.51. The fourth-order valence-corrected chi connectivity index (χ4v) is 3.93. The molecule has 1 N–H and O–H groups in total. The molecule has 20 heavy (non-hydrogen) atoms. The third-order valence-corrected chi connectivity index (χ3v) is 5.44. The van der Waals surface area contributed by atoms with Gasteiger partial charge in [-0.3, -0.25) is 0 Å². The molecule has 0 bridgehead atoms. The Morgan fingerprint density at radius 1 is 1.45 bits per heavy atom. The molecule has 0 amide bonds. The van der Waals surface area contributed by atoms with Crippen LogP contribution in [0.5, 0.6) is 0 Å². The molecular weight excluding hydrogens is 288 g/mol. The number of hydrogen-bond acceptors (Lipinski definition) is 3. The molecule has 1 saturated heterocycles. The van der Waals surface area contributed by atoms with Crippen LogP contribution < -0.4 is 10.2 Å². The molecule has 1 aliphatic heterocycles. The Balaban J connectivity index is 2.19. The SMILES string of the molecule is CCC1CN(c2cccc(Cl)c2CNC(C)C)CCS1. The zero-order valence-corrected chi connectivity index (χ0v) is 14.2. The summed E-state index contributed by atoms with van der Waals surface area (Å²) in [7, 11) is 0. The van der Waals surface area contributed by atoms with E-state index in [1.807, 2.05) is 6.07 Å². The van der Waals surface area contributed by atoms with E-state index < -0.39 is 0 Å². The lowest BCUT2D eigenvalue weighted by Crippen LogP contribution is -2.38. The number of benzene rings is 1. The molecule has 1 unspecified atom stereocenters. The standard InChI is InChI=1S/C16H25ClN2S/c1-4-13-11-19(8-9-20-13)16-7-5-6-15(17)14(16)10-18-12(2)3/h5-7,12-13,18H,4,8-11H2,1-3H3. The quantitative estimate of drug-likeness (QED) is 0.878. The zero-order valence-electron chi connectivity index (χ0n) is 12.7. The van der Waals surface area contributed by atoms with Crippen molar-refractivity contribution in [2.24, 2.45) is 0 Å². The number of nitrogens with zero attached hydrogens (tertiary/aromatic N) is 1. The monoisotopic (exact) mass is 312 g/mol. The fourth-order valence-electron chi connectivity index (χ4n) is 2.51. The van der Waals surface area contributed by atoms with E-state index in [0.29, 0.717) is 6.04 Å². The minimum absolute atomic E-state index is 0.472. The van der Waals surface area contributed by atoms with Gasteiger partial charge < -0.3 is 10.2 Å². The van der Waals surface area contributed by atoms with Gasteiger partial charge in [0.1, 0.15) is 0 Å². The second-order valence-corrected chi connectivity index (χ2v) is 7.44. The van der Waals surface area contributed by atoms with Crippen molar-refractivity contribution in [2.75, 3.05) is 23.7 Å². The van der Waals surface area contributed by atoms with Gasteiger partial charge in [-0.15, -0.1) is 0 Å². The first kappa shape index (κ1) is 16.0. The molecule has 2 nitrogen and oxygen atoms in total. The van der Waals surface area contributed by atoms with Gasteiger partial charge in [0.05, 0.1) is 0 Å². The lowest BCUT2D eigenvalue weighted by Gasteiger charge is -2.35. The van der Waals surface area contributed by atoms with Crippen LogP contribution in [0.4, 0.5) is 5.69 Å². The van der Waals surface area contributed by atoms with Crippen molar-refractivity contribution < 1.29 is 0 Å². The Labute approximate surface area is 132 Å². The first-order valence-electron chi connectivity index (χ1n) is 7.49. The van der Waals surface area contributed by atoms with Crippen molar-refractivity contribution in [3.05, 3.63) is 28.8 Å². The maximum atomic E-state index is 6.43. The summed E-state index contributed by atoms with van der Waals surface area (Å²) in [6.45, 7) is 9.71. The molecule has 0 saturated carbocycles. The smallest absolute Gasteiger partial charge is 0.0471 e. The molecule has 1 aromatic rings. The van der Waals surface area contributed by atoms with Gasteiger partial charge in [0.2, 0.25) is 0 Å². The number of nitrogens with one attached hydrogen (secondary N) is 1. The average molecular weight is 313 g/mol. The van der Waals surface area contributed by atoms with Crippen LogP contribution >= 0.6 is 23.4 Å². The summed E-state index contributed by atoms with van der Waals surface area (Å²) < 4.78 is 0. The van der Waals surface area contributed by atoms with Gasteiger partial charge in [0, 0.05) is 53.0 Å². The summed E-state index contributed by atoms with van der Waals surface area (Å²) in [5, 5.41) is 5.11. The highest BCUT2D eigenvalue weighted by Gasteiger charge is 2.21. The first-order valence-corrected chi connectivity index (χ1v) is 8.91. The minimum Gasteiger partial charge on any atom is -0.369 e. The van der Waals surface area contributed by atoms with Crippen molar-refractivity contribution in [3.8, 4) is 0 Å². The Hall–Kier alpha value is -0.380. The van der Waals surface area contributed by atoms with Gasteiger partial charge in [0.25, 0.3) is 0 Å². The summed E-state index contributed by atoms with van der Waals surface area (Å²) in [6, 6.07) is 6.75. The van der Waals surface area contributed by atoms with Crippen molar-refractivity contribution in [1.29, 1.82) is 0 Å². The molecule has 2 rings (SSSR count). The molecule has 0 radical (unpaired) electrons. The maximum absolute atomic E-state index is 6.43. The minimum atomic E-state index is 0.472. The number of thioether (sulfide) groups is 1. The van der Waals surface area contributed by atoms with Gasteiger partial charge in [0.15, 0.2) is 0 Å². The molecule has 0 spiro atoms. The third-order valence-electron chi connectivity index (χ3n) is 3.72. The van der Waals surface area contributed by atoms with Crippen molar-refractivity contribution >= 4 is 29.1 Å². The van der Waals surface area contributed by atoms with Crippen LogP contribution in [-0.2, 0) is 6.54 Å². The first-order chi connectivity index (χ1) is 9.61. The largest absolute Gasteiger partial charge is 0.369 e. The van der Waals surface area contributed by atoms with Crippen LogP contribution in [0.2, 0.25) is 5.02 Å². The summed E-state index contributed by atoms with van der Waals surface area (Å²) in [5.41, 5.74) is 2.55. The van der Waals surface area contributed by atoms with Crippen LogP contribution in [0.1, 0.15) is 32.8 Å². The van der Waals surface area contributed by atoms with E-state index in [9.17, 15) is 0 Å². The molecule has 112 valence electrons. The van der Waals surface area contributed by atoms with Gasteiger partial charge in [-0.1, -0.05) is 38.4 Å². The highest BCUT2D eigenvalue weighted by molar-refractivity contribution is 8.00. The molecular formula is C16H25ClN2S. The van der Waals surface area contributed by atoms with Gasteiger partial charge >= 0.3 is 0 Å². The summed E-state index contributed by atoms with van der Waals surface area (Å²) in [5.74, 6) is 1.21. The van der Waals surface area contributed by atoms with Crippen molar-refractivity contribution in [3.63, 3.8) is 0 Å². The Kier molecular flexibility index (Phi) is 6.06. The van der Waals surface area contributed by atoms with Crippen molar-refractivity contribution in [2.45, 2.75) is 45.0 Å². The average Bonchev–Trinajstić information content (AvgIpc) is 2.45. The molecule has 1 aliphatic rings. The van der Waals surface area contributed by atoms with E-state index in [0.717, 1.165) is 29.9 Å². The van der Waals surface area contributed by atoms with Crippen LogP contribution in [0.25, 0.3) is 0 Å². The van der Waals surface area contributed by atoms with E-state index in [4.69, 9.17) is 11.6 Å². The Morgan fingerprint density at radius 3 is 2.95 bits per heavy atom. The lowest BCUT2D eigenvalue weighted by atomic mass is 10.1. The topological polar surface area (TPSA) is 15.3 Å². The summed E-state index contributed by atoms with van der Waals surface area (Å²) >= 11 is 8.53. The predicted octanol–water partition coefficient (Wildman–Crippen LogP) is 4.17. The number of halogens is 1. The Bertz CT molecular complexity index is 436. The number of rotatable bonds is 5. The summed E-state index contributed by atoms with van der Waals surface area (Å²) in [6.07, 6.45) is 1.24. The normalized spacial score (nSPS) is 19.6. The van der Waals surface area contributed by atoms with E-state index in [-0.39, 0.29) is 0 Å². The predicted molar refractivity (Wildman–Crippen MR) is 92.2 cm³/mol. The zero-order chi connectivity index (χ0) is 14.5. The molecule has 1 heterocycles. The van der Waals surface area contributed by atoms with Crippen LogP contribution in [0.3, 0.4) is 0 Å². The Morgan fingerprint density at radius 2 is 2.25 bits per heavy atom. The molecule has 1 fully saturated rings. The van der Waals surface area contributed by atoms with E-state index in [2.05, 4.69) is 54.9 Å². The van der Waals surface area contributed by atoms with E-state index in [1.165, 1.54) is 23.4 Å². The van der Waals surface area contributed by atoms with E-state index >= 15 is 0 Å². The van der Waals surface area contributed by atoms with Gasteiger partial charge in [-0.05, 0) is 18.6 Å². The molecule has 0 aliphatic carbocycles. The third kappa shape index (κ3) is 4.06. The molecule has 1 aromatic carbocycles. The fraction of sp³-hybridized carbons (Fsp3) is 0.625. The van der Waals surface area contributed by atoms with E-state index in [1.54, 1.807) is 0 Å². The molecule has 1 atom stereocenters. The van der Waals surface area contributed by atoms with Gasteiger partial charge in [-0.2, -0.15) is 11.8 Å². The lowest BCUT2D eigenvalue weighted by molar-refractivity contribution is 0.587. The second-order valence-electron chi connectivity index (χ2n) is 5.62. The number of hydrogen-bond donors (Lipinski definition) is 1. The van der Waals surface area contributed by atoms with Crippen LogP contribution in [0, 0.1) is 0 Å². The van der Waals surface area contributed by atoms with Crippen LogP contribution in [0.15, 0.2) is 18.2 Å². The number of anilines is 1. The highest BCUT2D eigenvalue weighted by Crippen LogP contribution is 2.31.